The summed E-state index contributed by atoms with van der Waals surface area (Å²) in [6.45, 7) is 4.33. The van der Waals surface area contributed by atoms with Crippen molar-refractivity contribution in [1.82, 2.24) is 9.62 Å². The van der Waals surface area contributed by atoms with E-state index >= 15 is 0 Å². The fraction of sp³-hybridized carbons (Fsp3) is 0.385. The summed E-state index contributed by atoms with van der Waals surface area (Å²) in [6, 6.07) is 4.58. The predicted molar refractivity (Wildman–Crippen MR) is 80.0 cm³/mol. The fourth-order valence-corrected chi connectivity index (χ4v) is 4.09. The zero-order valence-electron chi connectivity index (χ0n) is 11.8. The van der Waals surface area contributed by atoms with Crippen molar-refractivity contribution in [3.8, 4) is 0 Å². The maximum absolute atomic E-state index is 12.7. The molecule has 6 nitrogen and oxygen atoms in total. The average molecular weight is 375 g/mol. The summed E-state index contributed by atoms with van der Waals surface area (Å²) in [7, 11) is -3.94. The van der Waals surface area contributed by atoms with E-state index in [1.807, 2.05) is 0 Å². The first-order valence-corrected chi connectivity index (χ1v) is 8.43. The van der Waals surface area contributed by atoms with Gasteiger partial charge in [-0.2, -0.15) is 4.31 Å². The van der Waals surface area contributed by atoms with E-state index in [2.05, 4.69) is 21.2 Å². The molecule has 0 atom stereocenters. The summed E-state index contributed by atoms with van der Waals surface area (Å²) in [5.74, 6) is -1.26. The SMILES string of the molecule is Cc1cc(S(=O)(=O)N2CC(=O)NC(=O)C2(C)C)ccc1Br. The summed E-state index contributed by atoms with van der Waals surface area (Å²) >= 11 is 3.31. The van der Waals surface area contributed by atoms with Crippen LogP contribution in [0.25, 0.3) is 0 Å². The van der Waals surface area contributed by atoms with Crippen LogP contribution >= 0.6 is 15.9 Å². The third-order valence-corrected chi connectivity index (χ3v) is 6.34. The lowest BCUT2D eigenvalue weighted by Crippen LogP contribution is -2.65. The highest BCUT2D eigenvalue weighted by molar-refractivity contribution is 9.10. The van der Waals surface area contributed by atoms with Crippen molar-refractivity contribution in [2.75, 3.05) is 6.54 Å². The predicted octanol–water partition coefficient (Wildman–Crippen LogP) is 1.18. The van der Waals surface area contributed by atoms with Gasteiger partial charge in [0, 0.05) is 4.47 Å². The molecular formula is C13H15BrN2O4S. The Kier molecular flexibility index (Phi) is 3.98. The number of halogens is 1. The third-order valence-electron chi connectivity index (χ3n) is 3.44. The zero-order chi connectivity index (χ0) is 16.0. The molecule has 1 aromatic rings. The number of aryl methyl sites for hydroxylation is 1. The Labute approximate surface area is 131 Å². The average Bonchev–Trinajstić information content (AvgIpc) is 2.37. The Balaban J connectivity index is 2.53. The molecule has 0 radical (unpaired) electrons. The molecule has 0 spiro atoms. The van der Waals surface area contributed by atoms with Crippen LogP contribution in [-0.4, -0.2) is 36.6 Å². The second kappa shape index (κ2) is 5.19. The highest BCUT2D eigenvalue weighted by Crippen LogP contribution is 2.28. The van der Waals surface area contributed by atoms with Crippen LogP contribution in [0.5, 0.6) is 0 Å². The highest BCUT2D eigenvalue weighted by Gasteiger charge is 2.47. The van der Waals surface area contributed by atoms with E-state index in [1.165, 1.54) is 26.0 Å². The first kappa shape index (κ1) is 16.1. The summed E-state index contributed by atoms with van der Waals surface area (Å²) in [5.41, 5.74) is -0.574. The molecule has 2 amide bonds. The third kappa shape index (κ3) is 2.75. The largest absolute Gasteiger partial charge is 0.294 e. The summed E-state index contributed by atoms with van der Waals surface area (Å²) in [5, 5.41) is 2.15. The van der Waals surface area contributed by atoms with Gasteiger partial charge >= 0.3 is 0 Å². The molecule has 1 aliphatic heterocycles. The number of amides is 2. The van der Waals surface area contributed by atoms with Gasteiger partial charge in [0.1, 0.15) is 5.54 Å². The molecule has 1 fully saturated rings. The second-order valence-corrected chi connectivity index (χ2v) is 8.08. The zero-order valence-corrected chi connectivity index (χ0v) is 14.2. The summed E-state index contributed by atoms with van der Waals surface area (Å²) < 4.78 is 27.2. The molecule has 0 unspecified atom stereocenters. The molecular weight excluding hydrogens is 360 g/mol. The van der Waals surface area contributed by atoms with Crippen molar-refractivity contribution in [1.29, 1.82) is 0 Å². The lowest BCUT2D eigenvalue weighted by atomic mass is 10.0. The van der Waals surface area contributed by atoms with Crippen molar-refractivity contribution in [2.45, 2.75) is 31.2 Å². The van der Waals surface area contributed by atoms with E-state index in [9.17, 15) is 18.0 Å². The number of benzene rings is 1. The van der Waals surface area contributed by atoms with Crippen LogP contribution in [0.3, 0.4) is 0 Å². The van der Waals surface area contributed by atoms with Crippen LogP contribution in [-0.2, 0) is 19.6 Å². The molecule has 1 aromatic carbocycles. The quantitative estimate of drug-likeness (QED) is 0.787. The van der Waals surface area contributed by atoms with Gasteiger partial charge in [0.25, 0.3) is 0 Å². The fourth-order valence-electron chi connectivity index (χ4n) is 2.05. The Bertz CT molecular complexity index is 728. The Morgan fingerprint density at radius 1 is 1.29 bits per heavy atom. The Morgan fingerprint density at radius 2 is 1.90 bits per heavy atom. The number of nitrogens with zero attached hydrogens (tertiary/aromatic N) is 1. The summed E-state index contributed by atoms with van der Waals surface area (Å²) in [6.07, 6.45) is 0. The first-order chi connectivity index (χ1) is 9.56. The van der Waals surface area contributed by atoms with Gasteiger partial charge in [-0.25, -0.2) is 8.42 Å². The van der Waals surface area contributed by atoms with Gasteiger partial charge in [-0.1, -0.05) is 15.9 Å². The molecule has 1 aliphatic rings. The smallest absolute Gasteiger partial charge is 0.247 e. The van der Waals surface area contributed by atoms with Crippen molar-refractivity contribution in [2.24, 2.45) is 0 Å². The number of piperazine rings is 1. The van der Waals surface area contributed by atoms with Gasteiger partial charge in [-0.15, -0.1) is 0 Å². The molecule has 0 aromatic heterocycles. The summed E-state index contributed by atoms with van der Waals surface area (Å²) in [4.78, 5) is 23.5. The number of sulfonamides is 1. The molecule has 0 bridgehead atoms. The van der Waals surface area contributed by atoms with Gasteiger partial charge < -0.3 is 0 Å². The van der Waals surface area contributed by atoms with E-state index < -0.39 is 27.4 Å². The minimum atomic E-state index is -3.94. The van der Waals surface area contributed by atoms with Gasteiger partial charge in [0.05, 0.1) is 11.4 Å². The monoisotopic (exact) mass is 374 g/mol. The van der Waals surface area contributed by atoms with Gasteiger partial charge in [0.2, 0.25) is 21.8 Å². The maximum Gasteiger partial charge on any atom is 0.247 e. The maximum atomic E-state index is 12.7. The molecule has 1 saturated heterocycles. The minimum Gasteiger partial charge on any atom is -0.294 e. The van der Waals surface area contributed by atoms with Crippen LogP contribution in [0.4, 0.5) is 0 Å². The molecule has 114 valence electrons. The molecule has 0 saturated carbocycles. The lowest BCUT2D eigenvalue weighted by Gasteiger charge is -2.38. The van der Waals surface area contributed by atoms with Gasteiger partial charge in [-0.3, -0.25) is 14.9 Å². The molecule has 8 heteroatoms. The van der Waals surface area contributed by atoms with E-state index in [1.54, 1.807) is 13.0 Å². The van der Waals surface area contributed by atoms with Crippen molar-refractivity contribution >= 4 is 37.8 Å². The molecule has 1 N–H and O–H groups in total. The molecule has 2 rings (SSSR count). The number of rotatable bonds is 2. The first-order valence-electron chi connectivity index (χ1n) is 6.20. The number of carbonyl (C=O) groups is 2. The minimum absolute atomic E-state index is 0.0544. The van der Waals surface area contributed by atoms with Crippen LogP contribution < -0.4 is 5.32 Å². The highest BCUT2D eigenvalue weighted by atomic mass is 79.9. The van der Waals surface area contributed by atoms with E-state index in [0.29, 0.717) is 0 Å². The van der Waals surface area contributed by atoms with E-state index in [4.69, 9.17) is 0 Å². The van der Waals surface area contributed by atoms with Crippen molar-refractivity contribution < 1.29 is 18.0 Å². The van der Waals surface area contributed by atoms with E-state index in [-0.39, 0.29) is 11.4 Å². The lowest BCUT2D eigenvalue weighted by molar-refractivity contribution is -0.141. The topological polar surface area (TPSA) is 83.6 Å². The van der Waals surface area contributed by atoms with Gasteiger partial charge in [0.15, 0.2) is 0 Å². The van der Waals surface area contributed by atoms with Crippen LogP contribution in [0.1, 0.15) is 19.4 Å². The second-order valence-electron chi connectivity index (χ2n) is 5.36. The normalized spacial score (nSPS) is 19.4. The number of nitrogens with one attached hydrogen (secondary N) is 1. The van der Waals surface area contributed by atoms with Crippen LogP contribution in [0.15, 0.2) is 27.6 Å². The molecule has 0 aliphatic carbocycles. The van der Waals surface area contributed by atoms with Gasteiger partial charge in [-0.05, 0) is 44.5 Å². The van der Waals surface area contributed by atoms with Crippen molar-refractivity contribution in [3.63, 3.8) is 0 Å². The van der Waals surface area contributed by atoms with Crippen LogP contribution in [0, 0.1) is 6.92 Å². The Morgan fingerprint density at radius 3 is 2.48 bits per heavy atom. The number of hydrogen-bond donors (Lipinski definition) is 1. The standard InChI is InChI=1S/C13H15BrN2O4S/c1-8-6-9(4-5-10(8)14)21(19,20)16-7-11(17)15-12(18)13(16,2)3/h4-6H,7H2,1-3H3,(H,15,17,18). The van der Waals surface area contributed by atoms with Crippen molar-refractivity contribution in [3.05, 3.63) is 28.2 Å². The number of hydrogen-bond acceptors (Lipinski definition) is 4. The van der Waals surface area contributed by atoms with Crippen LogP contribution in [0.2, 0.25) is 0 Å². The Hall–Kier alpha value is -1.25. The molecule has 1 heterocycles. The number of imide groups is 1. The molecule has 21 heavy (non-hydrogen) atoms. The number of carbonyl (C=O) groups excluding carboxylic acids is 2. The van der Waals surface area contributed by atoms with E-state index in [0.717, 1.165) is 14.3 Å².